The largest absolute Gasteiger partial charge is 0.573 e. The van der Waals surface area contributed by atoms with Gasteiger partial charge in [-0.1, -0.05) is 0 Å². The molecule has 0 aliphatic carbocycles. The highest BCUT2D eigenvalue weighted by Gasteiger charge is 2.33. The van der Waals surface area contributed by atoms with Crippen molar-refractivity contribution < 1.29 is 26.7 Å². The van der Waals surface area contributed by atoms with Crippen LogP contribution >= 0.6 is 11.6 Å². The first-order chi connectivity index (χ1) is 7.74. The molecule has 0 saturated heterocycles. The Bertz CT molecular complexity index is 456. The molecule has 0 aliphatic rings. The summed E-state index contributed by atoms with van der Waals surface area (Å²) in [6.07, 6.45) is -8.12. The van der Waals surface area contributed by atoms with E-state index in [0.29, 0.717) is 6.07 Å². The van der Waals surface area contributed by atoms with Gasteiger partial charge in [-0.15, -0.1) is 24.8 Å². The maximum atomic E-state index is 12.3. The second kappa shape index (κ2) is 4.91. The number of nitrogens with one attached hydrogen (secondary N) is 1. The van der Waals surface area contributed by atoms with Gasteiger partial charge < -0.3 is 9.72 Å². The van der Waals surface area contributed by atoms with Crippen LogP contribution in [0, 0.1) is 0 Å². The lowest BCUT2D eigenvalue weighted by Crippen LogP contribution is -2.23. The third-order valence-electron chi connectivity index (χ3n) is 1.67. The molecule has 3 nitrogen and oxygen atoms in total. The maximum absolute atomic E-state index is 12.3. The van der Waals surface area contributed by atoms with Crippen LogP contribution in [-0.2, 0) is 5.88 Å². The van der Waals surface area contributed by atoms with Crippen molar-refractivity contribution in [1.82, 2.24) is 4.98 Å². The average molecular weight is 278 g/mol. The fourth-order valence-corrected chi connectivity index (χ4v) is 1.25. The molecule has 0 amide bonds. The summed E-state index contributed by atoms with van der Waals surface area (Å²) in [5.74, 6) is -1.72. The highest BCUT2D eigenvalue weighted by molar-refractivity contribution is 6.17. The smallest absolute Gasteiger partial charge is 0.400 e. The third-order valence-corrected chi connectivity index (χ3v) is 1.93. The molecule has 0 fully saturated rings. The van der Waals surface area contributed by atoms with Crippen molar-refractivity contribution >= 4 is 11.6 Å². The van der Waals surface area contributed by atoms with Gasteiger partial charge in [0.25, 0.3) is 6.43 Å². The average Bonchev–Trinajstić information content (AvgIpc) is 2.18. The second-order valence-electron chi connectivity index (χ2n) is 2.88. The SMILES string of the molecule is O=c1cc(C(F)F)[nH]c(CCl)c1OC(F)(F)F. The predicted octanol–water partition coefficient (Wildman–Crippen LogP) is 2.95. The zero-order chi connectivity index (χ0) is 13.2. The van der Waals surface area contributed by atoms with E-state index in [4.69, 9.17) is 11.6 Å². The van der Waals surface area contributed by atoms with E-state index in [1.54, 1.807) is 0 Å². The van der Waals surface area contributed by atoms with Gasteiger partial charge >= 0.3 is 6.36 Å². The Kier molecular flexibility index (Phi) is 3.97. The number of H-pyrrole nitrogens is 1. The van der Waals surface area contributed by atoms with Crippen LogP contribution in [0.5, 0.6) is 5.75 Å². The molecule has 96 valence electrons. The number of halogens is 6. The number of ether oxygens (including phenoxy) is 1. The first kappa shape index (κ1) is 13.8. The number of aromatic amines is 1. The lowest BCUT2D eigenvalue weighted by molar-refractivity contribution is -0.275. The molecule has 9 heteroatoms. The summed E-state index contributed by atoms with van der Waals surface area (Å²) < 4.78 is 63.7. The van der Waals surface area contributed by atoms with E-state index >= 15 is 0 Å². The monoisotopic (exact) mass is 277 g/mol. The zero-order valence-electron chi connectivity index (χ0n) is 7.95. The van der Waals surface area contributed by atoms with Crippen molar-refractivity contribution in [1.29, 1.82) is 0 Å². The van der Waals surface area contributed by atoms with Crippen molar-refractivity contribution in [2.45, 2.75) is 18.7 Å². The van der Waals surface area contributed by atoms with Crippen molar-refractivity contribution in [2.24, 2.45) is 0 Å². The van der Waals surface area contributed by atoms with Crippen LogP contribution in [0.15, 0.2) is 10.9 Å². The van der Waals surface area contributed by atoms with Crippen molar-refractivity contribution in [3.63, 3.8) is 0 Å². The highest BCUT2D eigenvalue weighted by atomic mass is 35.5. The Hall–Kier alpha value is -1.31. The van der Waals surface area contributed by atoms with Gasteiger partial charge in [-0.05, 0) is 0 Å². The number of alkyl halides is 6. The normalized spacial score (nSPS) is 11.9. The highest BCUT2D eigenvalue weighted by Crippen LogP contribution is 2.25. The maximum Gasteiger partial charge on any atom is 0.573 e. The van der Waals surface area contributed by atoms with Crippen LogP contribution < -0.4 is 10.2 Å². The number of aromatic nitrogens is 1. The molecule has 0 aromatic carbocycles. The summed E-state index contributed by atoms with van der Waals surface area (Å²) >= 11 is 5.25. The van der Waals surface area contributed by atoms with Gasteiger partial charge in [0.15, 0.2) is 5.75 Å². The summed E-state index contributed by atoms with van der Waals surface area (Å²) in [6.45, 7) is 0. The van der Waals surface area contributed by atoms with Crippen LogP contribution in [0.3, 0.4) is 0 Å². The van der Waals surface area contributed by atoms with E-state index in [1.807, 2.05) is 4.98 Å². The van der Waals surface area contributed by atoms with Gasteiger partial charge in [0.2, 0.25) is 5.43 Å². The molecule has 1 heterocycles. The Balaban J connectivity index is 3.27. The topological polar surface area (TPSA) is 42.1 Å². The van der Waals surface area contributed by atoms with Crippen LogP contribution in [0.2, 0.25) is 0 Å². The van der Waals surface area contributed by atoms with E-state index in [1.165, 1.54) is 0 Å². The van der Waals surface area contributed by atoms with Crippen molar-refractivity contribution in [3.8, 4) is 5.75 Å². The molecule has 0 spiro atoms. The molecule has 0 saturated carbocycles. The Morgan fingerprint density at radius 2 is 2.00 bits per heavy atom. The molecule has 0 bridgehead atoms. The molecule has 1 rings (SSSR count). The first-order valence-electron chi connectivity index (χ1n) is 4.10. The van der Waals surface area contributed by atoms with E-state index in [2.05, 4.69) is 4.74 Å². The number of pyridine rings is 1. The van der Waals surface area contributed by atoms with E-state index < -0.39 is 41.2 Å². The van der Waals surface area contributed by atoms with E-state index in [-0.39, 0.29) is 0 Å². The Morgan fingerprint density at radius 1 is 1.41 bits per heavy atom. The van der Waals surface area contributed by atoms with Crippen LogP contribution in [-0.4, -0.2) is 11.3 Å². The Morgan fingerprint density at radius 3 is 2.41 bits per heavy atom. The number of hydrogen-bond donors (Lipinski definition) is 1. The number of rotatable bonds is 3. The van der Waals surface area contributed by atoms with Gasteiger partial charge in [0.1, 0.15) is 0 Å². The second-order valence-corrected chi connectivity index (χ2v) is 3.15. The Labute approximate surface area is 96.2 Å². The van der Waals surface area contributed by atoms with Gasteiger partial charge in [-0.25, -0.2) is 8.78 Å². The number of hydrogen-bond acceptors (Lipinski definition) is 2. The lowest BCUT2D eigenvalue weighted by Gasteiger charge is -2.12. The van der Waals surface area contributed by atoms with Crippen LogP contribution in [0.1, 0.15) is 17.8 Å². The minimum Gasteiger partial charge on any atom is -0.400 e. The molecule has 1 aromatic rings. The zero-order valence-corrected chi connectivity index (χ0v) is 8.70. The summed E-state index contributed by atoms with van der Waals surface area (Å²) in [4.78, 5) is 13.1. The summed E-state index contributed by atoms with van der Waals surface area (Å²) in [7, 11) is 0. The van der Waals surface area contributed by atoms with Gasteiger partial charge in [0.05, 0.1) is 17.3 Å². The van der Waals surface area contributed by atoms with Crippen LogP contribution in [0.25, 0.3) is 0 Å². The van der Waals surface area contributed by atoms with Gasteiger partial charge in [-0.3, -0.25) is 4.79 Å². The molecule has 0 atom stereocenters. The molecule has 1 N–H and O–H groups in total. The molecule has 0 aliphatic heterocycles. The predicted molar refractivity (Wildman–Crippen MR) is 48.3 cm³/mol. The lowest BCUT2D eigenvalue weighted by atomic mass is 10.3. The first-order valence-corrected chi connectivity index (χ1v) is 4.64. The minimum absolute atomic E-state index is 0.335. The van der Waals surface area contributed by atoms with Crippen molar-refractivity contribution in [2.75, 3.05) is 0 Å². The quantitative estimate of drug-likeness (QED) is 0.682. The molecule has 1 aromatic heterocycles. The third kappa shape index (κ3) is 3.58. The molecular weight excluding hydrogens is 273 g/mol. The molecule has 17 heavy (non-hydrogen) atoms. The van der Waals surface area contributed by atoms with Crippen LogP contribution in [0.4, 0.5) is 22.0 Å². The summed E-state index contributed by atoms with van der Waals surface area (Å²) in [6, 6.07) is 0.335. The molecular formula is C8H5ClF5NO2. The standard InChI is InChI=1S/C8H5ClF5NO2/c9-2-4-6(17-8(12,13)14)5(16)1-3(15-4)7(10)11/h1,7H,2H2,(H,15,16). The van der Waals surface area contributed by atoms with E-state index in [9.17, 15) is 26.7 Å². The fourth-order valence-electron chi connectivity index (χ4n) is 1.06. The molecule has 0 radical (unpaired) electrons. The van der Waals surface area contributed by atoms with Gasteiger partial charge in [-0.2, -0.15) is 0 Å². The van der Waals surface area contributed by atoms with Crippen molar-refractivity contribution in [3.05, 3.63) is 27.7 Å². The van der Waals surface area contributed by atoms with E-state index in [0.717, 1.165) is 0 Å². The molecule has 0 unspecified atom stereocenters. The summed E-state index contributed by atoms with van der Waals surface area (Å²) in [5.41, 5.74) is -2.68. The fraction of sp³-hybridized carbons (Fsp3) is 0.375. The minimum atomic E-state index is -5.10. The summed E-state index contributed by atoms with van der Waals surface area (Å²) in [5, 5.41) is 0. The van der Waals surface area contributed by atoms with Gasteiger partial charge in [0, 0.05) is 6.07 Å².